The van der Waals surface area contributed by atoms with Crippen LogP contribution in [0.3, 0.4) is 0 Å². The van der Waals surface area contributed by atoms with Crippen molar-refractivity contribution >= 4 is 35.0 Å². The van der Waals surface area contributed by atoms with Gasteiger partial charge in [0, 0.05) is 20.7 Å². The minimum atomic E-state index is 0.550. The van der Waals surface area contributed by atoms with Gasteiger partial charge < -0.3 is 5.32 Å². The van der Waals surface area contributed by atoms with Gasteiger partial charge >= 0.3 is 0 Å². The lowest BCUT2D eigenvalue weighted by Gasteiger charge is -2.20. The van der Waals surface area contributed by atoms with E-state index in [0.29, 0.717) is 16.9 Å². The zero-order chi connectivity index (χ0) is 17.5. The summed E-state index contributed by atoms with van der Waals surface area (Å²) in [7, 11) is 0. The average Bonchev–Trinajstić information content (AvgIpc) is 2.58. The fraction of sp³-hybridized carbons (Fsp3) is 0.400. The third-order valence-corrected chi connectivity index (χ3v) is 6.03. The van der Waals surface area contributed by atoms with Gasteiger partial charge in [-0.2, -0.15) is 0 Å². The van der Waals surface area contributed by atoms with E-state index in [1.54, 1.807) is 17.8 Å². The first-order valence-electron chi connectivity index (χ1n) is 8.38. The Morgan fingerprint density at radius 2 is 1.75 bits per heavy atom. The van der Waals surface area contributed by atoms with Crippen LogP contribution >= 0.6 is 35.0 Å². The minimum Gasteiger partial charge on any atom is -0.317 e. The van der Waals surface area contributed by atoms with E-state index < -0.39 is 0 Å². The zero-order valence-corrected chi connectivity index (χ0v) is 16.8. The highest BCUT2D eigenvalue weighted by Crippen LogP contribution is 2.30. The van der Waals surface area contributed by atoms with Crippen LogP contribution in [0.25, 0.3) is 0 Å². The summed E-state index contributed by atoms with van der Waals surface area (Å²) in [4.78, 5) is 1.26. The lowest BCUT2D eigenvalue weighted by molar-refractivity contribution is 0.454. The van der Waals surface area contributed by atoms with Gasteiger partial charge in [0.25, 0.3) is 0 Å². The van der Waals surface area contributed by atoms with Crippen LogP contribution in [0.2, 0.25) is 10.0 Å². The van der Waals surface area contributed by atoms with Gasteiger partial charge in [0.15, 0.2) is 0 Å². The molecule has 2 unspecified atom stereocenters. The zero-order valence-electron chi connectivity index (χ0n) is 14.5. The molecule has 0 saturated heterocycles. The summed E-state index contributed by atoms with van der Waals surface area (Å²) in [5.74, 6) is 2.02. The fourth-order valence-electron chi connectivity index (χ4n) is 2.54. The van der Waals surface area contributed by atoms with Crippen LogP contribution in [0.15, 0.2) is 47.4 Å². The second-order valence-electron chi connectivity index (χ2n) is 6.17. The van der Waals surface area contributed by atoms with Crippen LogP contribution in [0.1, 0.15) is 37.8 Å². The quantitative estimate of drug-likeness (QED) is 0.514. The Bertz CT molecular complexity index is 643. The Labute approximate surface area is 160 Å². The second-order valence-corrected chi connectivity index (χ2v) is 8.06. The molecule has 2 aromatic carbocycles. The summed E-state index contributed by atoms with van der Waals surface area (Å²) < 4.78 is 0. The Morgan fingerprint density at radius 3 is 2.38 bits per heavy atom. The van der Waals surface area contributed by atoms with E-state index in [2.05, 4.69) is 50.4 Å². The number of thioether (sulfide) groups is 1. The third kappa shape index (κ3) is 5.70. The minimum absolute atomic E-state index is 0.550. The van der Waals surface area contributed by atoms with Gasteiger partial charge in [0.1, 0.15) is 0 Å². The summed E-state index contributed by atoms with van der Waals surface area (Å²) in [5.41, 5.74) is 2.51. The predicted molar refractivity (Wildman–Crippen MR) is 109 cm³/mol. The molecule has 0 aliphatic rings. The van der Waals surface area contributed by atoms with E-state index >= 15 is 0 Å². The van der Waals surface area contributed by atoms with Crippen LogP contribution in [-0.4, -0.2) is 13.1 Å². The van der Waals surface area contributed by atoms with Crippen molar-refractivity contribution in [3.63, 3.8) is 0 Å². The predicted octanol–water partition coefficient (Wildman–Crippen LogP) is 6.63. The molecule has 0 fully saturated rings. The number of hydrogen-bond donors (Lipinski definition) is 1. The molecule has 24 heavy (non-hydrogen) atoms. The molecule has 1 nitrogen and oxygen atoms in total. The molecular weight excluding hydrogens is 357 g/mol. The van der Waals surface area contributed by atoms with Gasteiger partial charge in [-0.1, -0.05) is 62.2 Å². The number of hydrogen-bond acceptors (Lipinski definition) is 2. The van der Waals surface area contributed by atoms with Gasteiger partial charge in [0.2, 0.25) is 0 Å². The molecule has 2 rings (SSSR count). The first-order chi connectivity index (χ1) is 11.5. The maximum atomic E-state index is 6.24. The van der Waals surface area contributed by atoms with Crippen molar-refractivity contribution < 1.29 is 0 Å². The number of rotatable bonds is 8. The molecule has 0 radical (unpaired) electrons. The number of benzene rings is 2. The molecule has 0 heterocycles. The monoisotopic (exact) mass is 381 g/mol. The second kappa shape index (κ2) is 9.72. The van der Waals surface area contributed by atoms with Crippen molar-refractivity contribution in [2.75, 3.05) is 13.1 Å². The summed E-state index contributed by atoms with van der Waals surface area (Å²) >= 11 is 14.0. The molecule has 130 valence electrons. The Kier molecular flexibility index (Phi) is 7.96. The summed E-state index contributed by atoms with van der Waals surface area (Å²) in [5, 5.41) is 4.84. The van der Waals surface area contributed by atoms with Crippen LogP contribution < -0.4 is 5.32 Å². The average molecular weight is 382 g/mol. The van der Waals surface area contributed by atoms with Crippen molar-refractivity contribution in [2.45, 2.75) is 37.3 Å². The summed E-state index contributed by atoms with van der Waals surface area (Å²) in [6, 6.07) is 14.6. The summed E-state index contributed by atoms with van der Waals surface area (Å²) in [6.45, 7) is 8.84. The molecular formula is C20H25Cl2NS. The largest absolute Gasteiger partial charge is 0.317 e. The smallest absolute Gasteiger partial charge is 0.0461 e. The molecule has 0 aliphatic heterocycles. The Hall–Kier alpha value is -0.670. The Morgan fingerprint density at radius 1 is 1.04 bits per heavy atom. The highest BCUT2D eigenvalue weighted by molar-refractivity contribution is 7.98. The van der Waals surface area contributed by atoms with Crippen LogP contribution in [0.4, 0.5) is 0 Å². The summed E-state index contributed by atoms with van der Waals surface area (Å²) in [6.07, 6.45) is 0. The van der Waals surface area contributed by atoms with Crippen molar-refractivity contribution in [1.29, 1.82) is 0 Å². The standard InChI is InChI=1S/C20H25Cl2NS/c1-4-23-12-14(2)15(3)16-6-9-19(10-7-16)24-13-17-5-8-18(21)11-20(17)22/h5-11,14-15,23H,4,12-13H2,1-3H3. The molecule has 4 heteroatoms. The Balaban J connectivity index is 1.94. The lowest BCUT2D eigenvalue weighted by atomic mass is 9.89. The van der Waals surface area contributed by atoms with E-state index in [-0.39, 0.29) is 0 Å². The van der Waals surface area contributed by atoms with E-state index in [1.807, 2.05) is 12.1 Å². The van der Waals surface area contributed by atoms with E-state index in [1.165, 1.54) is 10.5 Å². The molecule has 2 atom stereocenters. The van der Waals surface area contributed by atoms with Crippen molar-refractivity contribution in [3.8, 4) is 0 Å². The normalized spacial score (nSPS) is 13.7. The van der Waals surface area contributed by atoms with Crippen molar-refractivity contribution in [2.24, 2.45) is 5.92 Å². The van der Waals surface area contributed by atoms with Gasteiger partial charge in [-0.3, -0.25) is 0 Å². The van der Waals surface area contributed by atoms with Crippen LogP contribution in [-0.2, 0) is 5.75 Å². The molecule has 0 amide bonds. The van der Waals surface area contributed by atoms with Gasteiger partial charge in [-0.15, -0.1) is 11.8 Å². The van der Waals surface area contributed by atoms with Gasteiger partial charge in [-0.25, -0.2) is 0 Å². The first-order valence-corrected chi connectivity index (χ1v) is 10.1. The molecule has 0 aliphatic carbocycles. The van der Waals surface area contributed by atoms with Crippen molar-refractivity contribution in [1.82, 2.24) is 5.32 Å². The highest BCUT2D eigenvalue weighted by atomic mass is 35.5. The van der Waals surface area contributed by atoms with E-state index in [0.717, 1.165) is 29.4 Å². The van der Waals surface area contributed by atoms with Gasteiger partial charge in [0.05, 0.1) is 0 Å². The maximum absolute atomic E-state index is 6.24. The maximum Gasteiger partial charge on any atom is 0.0461 e. The topological polar surface area (TPSA) is 12.0 Å². The lowest BCUT2D eigenvalue weighted by Crippen LogP contribution is -2.24. The molecule has 2 aromatic rings. The molecule has 0 spiro atoms. The van der Waals surface area contributed by atoms with Gasteiger partial charge in [-0.05, 0) is 60.3 Å². The number of nitrogens with one attached hydrogen (secondary N) is 1. The highest BCUT2D eigenvalue weighted by Gasteiger charge is 2.13. The molecule has 0 aromatic heterocycles. The van der Waals surface area contributed by atoms with Crippen LogP contribution in [0.5, 0.6) is 0 Å². The fourth-order valence-corrected chi connectivity index (χ4v) is 4.00. The third-order valence-electron chi connectivity index (χ3n) is 4.39. The first kappa shape index (κ1) is 19.7. The van der Waals surface area contributed by atoms with E-state index in [4.69, 9.17) is 23.2 Å². The molecule has 0 saturated carbocycles. The van der Waals surface area contributed by atoms with E-state index in [9.17, 15) is 0 Å². The van der Waals surface area contributed by atoms with Crippen LogP contribution in [0, 0.1) is 5.92 Å². The molecule has 0 bridgehead atoms. The molecule has 1 N–H and O–H groups in total. The van der Waals surface area contributed by atoms with Crippen molar-refractivity contribution in [3.05, 3.63) is 63.6 Å². The number of halogens is 2. The SMILES string of the molecule is CCNCC(C)C(C)c1ccc(SCc2ccc(Cl)cc2Cl)cc1.